The Labute approximate surface area is 148 Å². The second-order valence-corrected chi connectivity index (χ2v) is 5.63. The molecule has 0 fully saturated rings. The zero-order chi connectivity index (χ0) is 17.5. The highest BCUT2D eigenvalue weighted by molar-refractivity contribution is 9.10. The van der Waals surface area contributed by atoms with Crippen molar-refractivity contribution in [2.24, 2.45) is 5.10 Å². The Bertz CT molecular complexity index is 735. The van der Waals surface area contributed by atoms with Crippen molar-refractivity contribution in [1.29, 1.82) is 0 Å². The minimum atomic E-state index is -1.28. The Morgan fingerprint density at radius 1 is 1.21 bits per heavy atom. The molecule has 126 valence electrons. The van der Waals surface area contributed by atoms with Crippen LogP contribution >= 0.6 is 15.9 Å². The molecule has 2 aromatic rings. The van der Waals surface area contributed by atoms with Gasteiger partial charge in [0.2, 0.25) is 0 Å². The summed E-state index contributed by atoms with van der Waals surface area (Å²) in [5.41, 5.74) is 3.44. The number of hydrogen-bond donors (Lipinski definition) is 2. The zero-order valence-electron chi connectivity index (χ0n) is 13.2. The maximum atomic E-state index is 11.9. The van der Waals surface area contributed by atoms with Gasteiger partial charge in [0.1, 0.15) is 11.5 Å². The highest BCUT2D eigenvalue weighted by atomic mass is 79.9. The quantitative estimate of drug-likeness (QED) is 0.584. The fourth-order valence-electron chi connectivity index (χ4n) is 2.00. The molecule has 0 radical (unpaired) electrons. The zero-order valence-corrected chi connectivity index (χ0v) is 14.8. The summed E-state index contributed by atoms with van der Waals surface area (Å²) in [6, 6.07) is 12.1. The van der Waals surface area contributed by atoms with Gasteiger partial charge in [0, 0.05) is 11.6 Å². The van der Waals surface area contributed by atoms with Crippen molar-refractivity contribution in [1.82, 2.24) is 5.43 Å². The van der Waals surface area contributed by atoms with Crippen LogP contribution in [0.4, 0.5) is 0 Å². The Hall–Kier alpha value is -2.38. The largest absolute Gasteiger partial charge is 0.496 e. The van der Waals surface area contributed by atoms with Crippen molar-refractivity contribution in [3.05, 3.63) is 58.1 Å². The van der Waals surface area contributed by atoms with E-state index in [1.807, 2.05) is 0 Å². The van der Waals surface area contributed by atoms with Gasteiger partial charge in [-0.15, -0.1) is 0 Å². The third kappa shape index (κ3) is 4.33. The lowest BCUT2D eigenvalue weighted by Crippen LogP contribution is -2.25. The molecule has 0 saturated carbocycles. The summed E-state index contributed by atoms with van der Waals surface area (Å²) in [4.78, 5) is 11.9. The highest BCUT2D eigenvalue weighted by Gasteiger charge is 2.16. The van der Waals surface area contributed by atoms with Crippen LogP contribution in [0.1, 0.15) is 17.2 Å². The molecular formula is C17H17BrN2O4. The molecule has 7 heteroatoms. The molecule has 0 aliphatic heterocycles. The first-order chi connectivity index (χ1) is 11.6. The Morgan fingerprint density at radius 2 is 1.88 bits per heavy atom. The number of benzene rings is 2. The van der Waals surface area contributed by atoms with Crippen LogP contribution in [0.2, 0.25) is 0 Å². The number of amides is 1. The number of halogens is 1. The van der Waals surface area contributed by atoms with Crippen LogP contribution in [-0.2, 0) is 4.79 Å². The number of hydrogen-bond acceptors (Lipinski definition) is 5. The summed E-state index contributed by atoms with van der Waals surface area (Å²) in [5, 5.41) is 13.8. The lowest BCUT2D eigenvalue weighted by atomic mass is 10.1. The Morgan fingerprint density at radius 3 is 2.50 bits per heavy atom. The van der Waals surface area contributed by atoms with E-state index in [0.717, 1.165) is 4.47 Å². The van der Waals surface area contributed by atoms with E-state index in [4.69, 9.17) is 9.47 Å². The van der Waals surface area contributed by atoms with Crippen LogP contribution in [0.15, 0.2) is 52.0 Å². The van der Waals surface area contributed by atoms with E-state index in [-0.39, 0.29) is 0 Å². The molecular weight excluding hydrogens is 376 g/mol. The van der Waals surface area contributed by atoms with Crippen molar-refractivity contribution in [3.8, 4) is 11.5 Å². The van der Waals surface area contributed by atoms with E-state index in [0.29, 0.717) is 22.6 Å². The number of nitrogens with one attached hydrogen (secondary N) is 1. The van der Waals surface area contributed by atoms with Crippen LogP contribution in [0, 0.1) is 0 Å². The van der Waals surface area contributed by atoms with Gasteiger partial charge in [-0.3, -0.25) is 4.79 Å². The average Bonchev–Trinajstić information content (AvgIpc) is 2.62. The normalized spacial score (nSPS) is 12.0. The Kier molecular flexibility index (Phi) is 6.34. The van der Waals surface area contributed by atoms with Gasteiger partial charge in [0.05, 0.1) is 24.9 Å². The van der Waals surface area contributed by atoms with E-state index < -0.39 is 12.0 Å². The summed E-state index contributed by atoms with van der Waals surface area (Å²) >= 11 is 3.38. The number of methoxy groups -OCH3 is 2. The standard InChI is InChI=1S/C17H17BrN2O4/c1-23-14-9-15(24-2)13(18)8-12(14)10-19-20-17(22)16(21)11-6-4-3-5-7-11/h3-10,16,21H,1-2H3,(H,20,22)/b19-10-/t16-/m1/s1. The first-order valence-corrected chi connectivity index (χ1v) is 7.83. The smallest absolute Gasteiger partial charge is 0.273 e. The van der Waals surface area contributed by atoms with Crippen molar-refractivity contribution < 1.29 is 19.4 Å². The molecule has 0 aliphatic carbocycles. The number of carbonyl (C=O) groups excluding carboxylic acids is 1. The van der Waals surface area contributed by atoms with E-state index in [1.54, 1.807) is 49.6 Å². The monoisotopic (exact) mass is 392 g/mol. The average molecular weight is 393 g/mol. The molecule has 0 aliphatic rings. The number of aliphatic hydroxyl groups excluding tert-OH is 1. The van der Waals surface area contributed by atoms with Crippen LogP contribution in [0.3, 0.4) is 0 Å². The minimum Gasteiger partial charge on any atom is -0.496 e. The van der Waals surface area contributed by atoms with Crippen molar-refractivity contribution in [2.75, 3.05) is 14.2 Å². The molecule has 0 unspecified atom stereocenters. The fraction of sp³-hybridized carbons (Fsp3) is 0.176. The van der Waals surface area contributed by atoms with Crippen LogP contribution in [0.25, 0.3) is 0 Å². The number of aliphatic hydroxyl groups is 1. The molecule has 0 saturated heterocycles. The second-order valence-electron chi connectivity index (χ2n) is 4.78. The van der Waals surface area contributed by atoms with Gasteiger partial charge in [-0.2, -0.15) is 5.10 Å². The number of carbonyl (C=O) groups is 1. The molecule has 2 rings (SSSR count). The number of hydrazone groups is 1. The fourth-order valence-corrected chi connectivity index (χ4v) is 2.52. The molecule has 0 aromatic heterocycles. The van der Waals surface area contributed by atoms with Gasteiger partial charge in [-0.1, -0.05) is 30.3 Å². The first-order valence-electron chi connectivity index (χ1n) is 7.04. The maximum absolute atomic E-state index is 11.9. The van der Waals surface area contributed by atoms with Crippen LogP contribution in [0.5, 0.6) is 11.5 Å². The van der Waals surface area contributed by atoms with Gasteiger partial charge in [0.25, 0.3) is 5.91 Å². The van der Waals surface area contributed by atoms with Crippen molar-refractivity contribution >= 4 is 28.1 Å². The lowest BCUT2D eigenvalue weighted by Gasteiger charge is -2.10. The minimum absolute atomic E-state index is 0.495. The predicted molar refractivity (Wildman–Crippen MR) is 94.4 cm³/mol. The summed E-state index contributed by atoms with van der Waals surface area (Å²) < 4.78 is 11.2. The third-order valence-corrected chi connectivity index (χ3v) is 3.87. The summed E-state index contributed by atoms with van der Waals surface area (Å²) in [6.07, 6.45) is 0.145. The number of rotatable bonds is 6. The molecule has 6 nitrogen and oxygen atoms in total. The van der Waals surface area contributed by atoms with Crippen molar-refractivity contribution in [2.45, 2.75) is 6.10 Å². The van der Waals surface area contributed by atoms with Gasteiger partial charge in [-0.25, -0.2) is 5.43 Å². The molecule has 0 spiro atoms. The molecule has 1 amide bonds. The van der Waals surface area contributed by atoms with Gasteiger partial charge < -0.3 is 14.6 Å². The van der Waals surface area contributed by atoms with Gasteiger partial charge in [-0.05, 0) is 27.6 Å². The highest BCUT2D eigenvalue weighted by Crippen LogP contribution is 2.31. The molecule has 0 bridgehead atoms. The van der Waals surface area contributed by atoms with E-state index in [1.165, 1.54) is 13.3 Å². The second kappa shape index (κ2) is 8.47. The van der Waals surface area contributed by atoms with Crippen LogP contribution in [-0.4, -0.2) is 31.4 Å². The lowest BCUT2D eigenvalue weighted by molar-refractivity contribution is -0.129. The number of ether oxygens (including phenoxy) is 2. The van der Waals surface area contributed by atoms with E-state index in [2.05, 4.69) is 26.5 Å². The summed E-state index contributed by atoms with van der Waals surface area (Å²) in [5.74, 6) is 0.535. The molecule has 0 heterocycles. The topological polar surface area (TPSA) is 80.2 Å². The summed E-state index contributed by atoms with van der Waals surface area (Å²) in [6.45, 7) is 0. The molecule has 2 N–H and O–H groups in total. The maximum Gasteiger partial charge on any atom is 0.273 e. The summed E-state index contributed by atoms with van der Waals surface area (Å²) in [7, 11) is 3.08. The predicted octanol–water partition coefficient (Wildman–Crippen LogP) is 2.65. The third-order valence-electron chi connectivity index (χ3n) is 3.25. The number of nitrogens with zero attached hydrogens (tertiary/aromatic N) is 1. The van der Waals surface area contributed by atoms with Gasteiger partial charge >= 0.3 is 0 Å². The Balaban J connectivity index is 2.09. The van der Waals surface area contributed by atoms with Gasteiger partial charge in [0.15, 0.2) is 6.10 Å². The molecule has 2 aromatic carbocycles. The molecule has 1 atom stereocenters. The van der Waals surface area contributed by atoms with Crippen molar-refractivity contribution in [3.63, 3.8) is 0 Å². The first kappa shape index (κ1) is 18.0. The SMILES string of the molecule is COc1cc(OC)c(/C=N\NC(=O)[C@H](O)c2ccccc2)cc1Br. The van der Waals surface area contributed by atoms with E-state index >= 15 is 0 Å². The molecule has 24 heavy (non-hydrogen) atoms. The van der Waals surface area contributed by atoms with E-state index in [9.17, 15) is 9.90 Å². The van der Waals surface area contributed by atoms with Crippen LogP contribution < -0.4 is 14.9 Å².